The number of carbonyl (C=O) groups is 2. The molecule has 0 radical (unpaired) electrons. The molecule has 11 nitrogen and oxygen atoms in total. The maximum atomic E-state index is 11.2. The van der Waals surface area contributed by atoms with Gasteiger partial charge in [-0.3, -0.25) is 9.59 Å². The molecule has 0 saturated heterocycles. The average Bonchev–Trinajstić information content (AvgIpc) is 2.93. The molecule has 0 aromatic heterocycles. The van der Waals surface area contributed by atoms with Crippen molar-refractivity contribution in [2.24, 2.45) is 0 Å². The van der Waals surface area contributed by atoms with Crippen molar-refractivity contribution in [2.75, 3.05) is 106 Å². The van der Waals surface area contributed by atoms with Crippen LogP contribution in [0.4, 0.5) is 0 Å². The quantitative estimate of drug-likeness (QED) is 0.0879. The van der Waals surface area contributed by atoms with Crippen molar-refractivity contribution >= 4 is 12.3 Å². The number of ether oxygens (including phenoxy) is 9. The van der Waals surface area contributed by atoms with Gasteiger partial charge in [0.1, 0.15) is 25.2 Å². The second-order valence-electron chi connectivity index (χ2n) is 7.79. The highest BCUT2D eigenvalue weighted by molar-refractivity contribution is 5.74. The van der Waals surface area contributed by atoms with Gasteiger partial charge in [-0.05, 0) is 30.7 Å². The van der Waals surface area contributed by atoms with Crippen molar-refractivity contribution in [1.82, 2.24) is 0 Å². The first-order chi connectivity index (χ1) is 18.8. The van der Waals surface area contributed by atoms with Crippen molar-refractivity contribution in [3.05, 3.63) is 29.8 Å². The summed E-state index contributed by atoms with van der Waals surface area (Å²) in [6.07, 6.45) is 2.02. The van der Waals surface area contributed by atoms with E-state index in [1.54, 1.807) is 24.3 Å². The van der Waals surface area contributed by atoms with Crippen molar-refractivity contribution in [2.45, 2.75) is 19.8 Å². The second kappa shape index (κ2) is 26.5. The van der Waals surface area contributed by atoms with Crippen LogP contribution in [0, 0.1) is 0 Å². The minimum Gasteiger partial charge on any atom is -0.491 e. The molecule has 1 aromatic rings. The largest absolute Gasteiger partial charge is 0.491 e. The predicted octanol–water partition coefficient (Wildman–Crippen LogP) is 2.34. The number of hydrogen-bond acceptors (Lipinski definition) is 11. The molecule has 1 aromatic carbocycles. The molecule has 0 heterocycles. The molecule has 0 saturated carbocycles. The van der Waals surface area contributed by atoms with Crippen molar-refractivity contribution in [1.29, 1.82) is 0 Å². The third-order valence-corrected chi connectivity index (χ3v) is 4.69. The van der Waals surface area contributed by atoms with Crippen LogP contribution in [0.2, 0.25) is 0 Å². The average molecular weight is 545 g/mol. The van der Waals surface area contributed by atoms with Gasteiger partial charge in [-0.1, -0.05) is 6.92 Å². The van der Waals surface area contributed by atoms with Gasteiger partial charge in [0.15, 0.2) is 0 Å². The standard InChI is InChI=1S/C27H44O11/c1-2-3-27(29)38-23-21-36-19-17-34-15-13-32-11-9-30-8-10-31-12-14-33-16-18-35-20-22-37-26-6-4-25(24-28)5-7-26/h4-7,24H,2-3,8-23H2,1H3. The van der Waals surface area contributed by atoms with Crippen LogP contribution in [0.25, 0.3) is 0 Å². The van der Waals surface area contributed by atoms with E-state index in [1.807, 2.05) is 6.92 Å². The highest BCUT2D eigenvalue weighted by Crippen LogP contribution is 2.10. The van der Waals surface area contributed by atoms with Gasteiger partial charge in [0.25, 0.3) is 0 Å². The SMILES string of the molecule is CCCC(=O)OCCOCCOCCOCCOCCOCCOCCOCCOc1ccc(C=O)cc1. The maximum absolute atomic E-state index is 11.2. The molecule has 0 N–H and O–H groups in total. The molecule has 1 rings (SSSR count). The first kappa shape index (κ1) is 33.9. The fourth-order valence-electron chi connectivity index (χ4n) is 2.77. The van der Waals surface area contributed by atoms with Gasteiger partial charge in [-0.15, -0.1) is 0 Å². The molecular weight excluding hydrogens is 500 g/mol. The van der Waals surface area contributed by atoms with Crippen LogP contribution in [-0.2, 0) is 42.7 Å². The lowest BCUT2D eigenvalue weighted by Crippen LogP contribution is -2.15. The highest BCUT2D eigenvalue weighted by Gasteiger charge is 2.00. The van der Waals surface area contributed by atoms with E-state index >= 15 is 0 Å². The van der Waals surface area contributed by atoms with Crippen LogP contribution >= 0.6 is 0 Å². The van der Waals surface area contributed by atoms with E-state index in [9.17, 15) is 9.59 Å². The Kier molecular flexibility index (Phi) is 23.6. The summed E-state index contributed by atoms with van der Waals surface area (Å²) in [7, 11) is 0. The minimum atomic E-state index is -0.190. The van der Waals surface area contributed by atoms with Gasteiger partial charge in [-0.2, -0.15) is 0 Å². The van der Waals surface area contributed by atoms with Gasteiger partial charge < -0.3 is 42.6 Å². The molecule has 11 heteroatoms. The summed E-state index contributed by atoms with van der Waals surface area (Å²) in [5.41, 5.74) is 0.617. The fraction of sp³-hybridized carbons (Fsp3) is 0.704. The Bertz CT molecular complexity index is 669. The summed E-state index contributed by atoms with van der Waals surface area (Å²) in [6, 6.07) is 6.92. The van der Waals surface area contributed by atoms with Gasteiger partial charge in [0.2, 0.25) is 0 Å². The van der Waals surface area contributed by atoms with Gasteiger partial charge in [0, 0.05) is 12.0 Å². The zero-order valence-electron chi connectivity index (χ0n) is 22.6. The van der Waals surface area contributed by atoms with E-state index in [0.29, 0.717) is 117 Å². The Hall–Kier alpha value is -2.12. The van der Waals surface area contributed by atoms with E-state index in [-0.39, 0.29) is 12.6 Å². The van der Waals surface area contributed by atoms with E-state index in [4.69, 9.17) is 42.6 Å². The van der Waals surface area contributed by atoms with Gasteiger partial charge >= 0.3 is 5.97 Å². The van der Waals surface area contributed by atoms with Crippen LogP contribution in [0.1, 0.15) is 30.1 Å². The highest BCUT2D eigenvalue weighted by atomic mass is 16.6. The topological polar surface area (TPSA) is 117 Å². The Balaban J connectivity index is 1.68. The molecule has 0 spiro atoms. The Morgan fingerprint density at radius 3 is 1.32 bits per heavy atom. The molecule has 38 heavy (non-hydrogen) atoms. The lowest BCUT2D eigenvalue weighted by Gasteiger charge is -2.09. The smallest absolute Gasteiger partial charge is 0.305 e. The molecule has 0 bridgehead atoms. The molecule has 0 aliphatic heterocycles. The van der Waals surface area contributed by atoms with Crippen LogP contribution < -0.4 is 4.74 Å². The Labute approximate surface area is 225 Å². The molecule has 0 fully saturated rings. The van der Waals surface area contributed by atoms with E-state index in [1.165, 1.54) is 0 Å². The summed E-state index contributed by atoms with van der Waals surface area (Å²) in [6.45, 7) is 9.25. The monoisotopic (exact) mass is 544 g/mol. The number of aldehydes is 1. The third kappa shape index (κ3) is 21.9. The van der Waals surface area contributed by atoms with E-state index in [2.05, 4.69) is 0 Å². The van der Waals surface area contributed by atoms with Crippen LogP contribution in [-0.4, -0.2) is 118 Å². The molecule has 0 aliphatic rings. The van der Waals surface area contributed by atoms with Crippen LogP contribution in [0.3, 0.4) is 0 Å². The number of hydrogen-bond donors (Lipinski definition) is 0. The van der Waals surface area contributed by atoms with E-state index < -0.39 is 0 Å². The number of rotatable bonds is 28. The number of esters is 1. The summed E-state index contributed by atoms with van der Waals surface area (Å²) < 4.78 is 48.4. The first-order valence-corrected chi connectivity index (χ1v) is 13.1. The molecule has 0 aliphatic carbocycles. The minimum absolute atomic E-state index is 0.190. The van der Waals surface area contributed by atoms with Gasteiger partial charge in [0.05, 0.1) is 92.5 Å². The lowest BCUT2D eigenvalue weighted by atomic mass is 10.2. The number of benzene rings is 1. The summed E-state index contributed by atoms with van der Waals surface area (Å²) in [5, 5.41) is 0. The maximum Gasteiger partial charge on any atom is 0.305 e. The zero-order valence-corrected chi connectivity index (χ0v) is 22.6. The van der Waals surface area contributed by atoms with Crippen LogP contribution in [0.15, 0.2) is 24.3 Å². The lowest BCUT2D eigenvalue weighted by molar-refractivity contribution is -0.145. The Morgan fingerprint density at radius 2 is 0.947 bits per heavy atom. The second-order valence-corrected chi connectivity index (χ2v) is 7.79. The van der Waals surface area contributed by atoms with Crippen molar-refractivity contribution in [3.63, 3.8) is 0 Å². The predicted molar refractivity (Wildman–Crippen MR) is 139 cm³/mol. The first-order valence-electron chi connectivity index (χ1n) is 13.1. The summed E-state index contributed by atoms with van der Waals surface area (Å²) in [4.78, 5) is 21.8. The molecule has 218 valence electrons. The van der Waals surface area contributed by atoms with Gasteiger partial charge in [-0.25, -0.2) is 0 Å². The summed E-state index contributed by atoms with van der Waals surface area (Å²) in [5.74, 6) is 0.512. The Morgan fingerprint density at radius 1 is 0.579 bits per heavy atom. The van der Waals surface area contributed by atoms with E-state index in [0.717, 1.165) is 12.7 Å². The normalized spacial score (nSPS) is 11.0. The molecule has 0 unspecified atom stereocenters. The van der Waals surface area contributed by atoms with Crippen LogP contribution in [0.5, 0.6) is 5.75 Å². The van der Waals surface area contributed by atoms with Crippen molar-refractivity contribution in [3.8, 4) is 5.75 Å². The molecular formula is C27H44O11. The third-order valence-electron chi connectivity index (χ3n) is 4.69. The molecule has 0 atom stereocenters. The zero-order chi connectivity index (χ0) is 27.4. The van der Waals surface area contributed by atoms with Crippen molar-refractivity contribution < 1.29 is 52.2 Å². The fourth-order valence-corrected chi connectivity index (χ4v) is 2.77. The number of carbonyl (C=O) groups excluding carboxylic acids is 2. The molecule has 0 amide bonds. The summed E-state index contributed by atoms with van der Waals surface area (Å²) >= 11 is 0.